The highest BCUT2D eigenvalue weighted by molar-refractivity contribution is 7.91. The van der Waals surface area contributed by atoms with E-state index in [4.69, 9.17) is 48.9 Å². The van der Waals surface area contributed by atoms with Crippen molar-refractivity contribution in [3.05, 3.63) is 78.4 Å². The number of ether oxygens (including phenoxy) is 4. The van der Waals surface area contributed by atoms with E-state index in [2.05, 4.69) is 24.7 Å². The van der Waals surface area contributed by atoms with Gasteiger partial charge in [-0.2, -0.15) is 0 Å². The Morgan fingerprint density at radius 3 is 1.41 bits per heavy atom. The summed E-state index contributed by atoms with van der Waals surface area (Å²) in [7, 11) is -12.5. The first kappa shape index (κ1) is 60.4. The maximum atomic E-state index is 14.6. The van der Waals surface area contributed by atoms with Gasteiger partial charge >= 0.3 is 0 Å². The van der Waals surface area contributed by atoms with Crippen LogP contribution < -0.4 is 14.8 Å². The number of unbranched alkanes of at least 4 members (excludes halogenated alkanes) is 1. The lowest BCUT2D eigenvalue weighted by atomic mass is 10.1. The third-order valence-corrected chi connectivity index (χ3v) is 18.3. The number of benzene rings is 4. The Hall–Kier alpha value is -6.19. The number of sulfone groups is 1. The highest BCUT2D eigenvalue weighted by Gasteiger charge is 2.32. The molecular weight excluding hydrogens is 1110 g/mol. The fourth-order valence-electron chi connectivity index (χ4n) is 9.73. The lowest BCUT2D eigenvalue weighted by Crippen LogP contribution is -2.26. The number of nitrogens with one attached hydrogen (secondary N) is 5. The molecule has 0 radical (unpaired) electrons. The molecule has 4 aromatic carbocycles. The standard InChI is InChI=1S/C58H73N11O10S3/c1-35(2)76-29-9-10-33-80(70,71)44-23-12-20-41-48(44)56-64-51-40-19-11-18-39(34-59-26-15-30-77-36(3)4)47(40)55(62-51)63-53-42-21-13-24-45(81(72,73)60-27-16-31-78-37(5)6)49(42)58(67-53)69-54-43-22-14-25-46(50(43)57(68-54)66-52(41)65-56)82(74,75)61-28-17-32-79-38(7)8/h11-14,18-25,35-38,59-61H,9-10,15-17,26-34H2,1-8H3,(H2,62,63,64,65,66,67,68,69). The van der Waals surface area contributed by atoms with E-state index in [-0.39, 0.29) is 115 Å². The third-order valence-electron chi connectivity index (χ3n) is 13.5. The average Bonchev–Trinajstić information content (AvgIpc) is 3.76. The predicted octanol–water partition coefficient (Wildman–Crippen LogP) is 8.94. The fraction of sp³-hybridized carbons (Fsp3) is 0.448. The fourth-order valence-corrected chi connectivity index (χ4v) is 13.9. The molecule has 0 spiro atoms. The summed E-state index contributed by atoms with van der Waals surface area (Å²) in [6.07, 6.45) is 2.44. The van der Waals surface area contributed by atoms with Crippen molar-refractivity contribution in [2.75, 3.05) is 51.8 Å². The highest BCUT2D eigenvalue weighted by atomic mass is 32.2. The minimum absolute atomic E-state index is 0.00254. The van der Waals surface area contributed by atoms with Crippen LogP contribution in [0.5, 0.6) is 0 Å². The Kier molecular flexibility index (Phi) is 19.3. The number of aromatic amines is 2. The van der Waals surface area contributed by atoms with Gasteiger partial charge in [-0.25, -0.2) is 64.6 Å². The molecule has 2 aliphatic rings. The van der Waals surface area contributed by atoms with E-state index in [0.29, 0.717) is 98.1 Å². The second kappa shape index (κ2) is 26.2. The summed E-state index contributed by atoms with van der Waals surface area (Å²) in [6, 6.07) is 20.2. The van der Waals surface area contributed by atoms with E-state index in [0.717, 1.165) is 12.0 Å². The van der Waals surface area contributed by atoms with Crippen LogP contribution in [0.2, 0.25) is 0 Å². The summed E-state index contributed by atoms with van der Waals surface area (Å²) in [4.78, 5) is 37.0. The molecule has 8 bridgehead atoms. The van der Waals surface area contributed by atoms with Crippen LogP contribution in [0.4, 0.5) is 0 Å². The van der Waals surface area contributed by atoms with Crippen LogP contribution in [0.1, 0.15) is 93.1 Å². The molecule has 5 N–H and O–H groups in total. The van der Waals surface area contributed by atoms with Gasteiger partial charge in [-0.15, -0.1) is 0 Å². The first-order valence-electron chi connectivity index (χ1n) is 28.0. The molecule has 2 aliphatic heterocycles. The maximum absolute atomic E-state index is 14.6. The van der Waals surface area contributed by atoms with Gasteiger partial charge in [0, 0.05) is 84.3 Å². The van der Waals surface area contributed by atoms with Gasteiger partial charge < -0.3 is 34.2 Å². The van der Waals surface area contributed by atoms with E-state index >= 15 is 0 Å². The Morgan fingerprint density at radius 1 is 0.439 bits per heavy atom. The molecule has 5 heterocycles. The summed E-state index contributed by atoms with van der Waals surface area (Å²) in [6.45, 7) is 18.3. The molecule has 82 heavy (non-hydrogen) atoms. The molecular formula is C58H73N11O10S3. The number of sulfonamides is 2. The summed E-state index contributed by atoms with van der Waals surface area (Å²) in [5.74, 6) is -0.0337. The summed E-state index contributed by atoms with van der Waals surface area (Å²) < 4.78 is 116. The zero-order valence-corrected chi connectivity index (χ0v) is 50.1. The van der Waals surface area contributed by atoms with Crippen molar-refractivity contribution in [3.8, 4) is 45.6 Å². The largest absolute Gasteiger partial charge is 0.379 e. The highest BCUT2D eigenvalue weighted by Crippen LogP contribution is 2.42. The van der Waals surface area contributed by atoms with Crippen molar-refractivity contribution in [1.82, 2.24) is 54.6 Å². The molecule has 0 atom stereocenters. The van der Waals surface area contributed by atoms with Crippen molar-refractivity contribution in [1.29, 1.82) is 0 Å². The van der Waals surface area contributed by atoms with Gasteiger partial charge in [-0.05, 0) is 118 Å². The number of hydrogen-bond donors (Lipinski definition) is 5. The number of fused-ring (bicyclic) bond motifs is 20. The average molecular weight is 1180 g/mol. The predicted molar refractivity (Wildman–Crippen MR) is 318 cm³/mol. The molecule has 438 valence electrons. The number of aromatic nitrogens is 8. The summed E-state index contributed by atoms with van der Waals surface area (Å²) in [5.41, 5.74) is 2.62. The number of H-pyrrole nitrogens is 2. The molecule has 9 rings (SSSR count). The molecule has 0 unspecified atom stereocenters. The van der Waals surface area contributed by atoms with Crippen LogP contribution >= 0.6 is 0 Å². The van der Waals surface area contributed by atoms with Crippen LogP contribution in [0.25, 0.3) is 89.7 Å². The smallest absolute Gasteiger partial charge is 0.241 e. The molecule has 0 aliphatic carbocycles. The van der Waals surface area contributed by atoms with Crippen LogP contribution in [0.15, 0.2) is 87.5 Å². The van der Waals surface area contributed by atoms with Crippen molar-refractivity contribution in [3.63, 3.8) is 0 Å². The van der Waals surface area contributed by atoms with E-state index in [1.165, 1.54) is 18.2 Å². The third kappa shape index (κ3) is 13.9. The zero-order chi connectivity index (χ0) is 58.3. The van der Waals surface area contributed by atoms with Gasteiger partial charge in [0.1, 0.15) is 22.6 Å². The van der Waals surface area contributed by atoms with Gasteiger partial charge in [0.25, 0.3) is 0 Å². The van der Waals surface area contributed by atoms with Gasteiger partial charge in [0.2, 0.25) is 20.0 Å². The Bertz CT molecular complexity index is 3920. The zero-order valence-electron chi connectivity index (χ0n) is 47.6. The first-order chi connectivity index (χ1) is 39.2. The number of nitrogens with zero attached hydrogens (tertiary/aromatic N) is 6. The lowest BCUT2D eigenvalue weighted by Gasteiger charge is -2.11. The Labute approximate surface area is 479 Å². The second-order valence-electron chi connectivity index (χ2n) is 21.2. The van der Waals surface area contributed by atoms with Crippen LogP contribution in [0.3, 0.4) is 0 Å². The van der Waals surface area contributed by atoms with Gasteiger partial charge in [0.15, 0.2) is 33.1 Å². The Morgan fingerprint density at radius 2 is 0.866 bits per heavy atom. The molecule has 7 aromatic rings. The maximum Gasteiger partial charge on any atom is 0.241 e. The van der Waals surface area contributed by atoms with Gasteiger partial charge in [-0.3, -0.25) is 0 Å². The molecule has 21 nitrogen and oxygen atoms in total. The van der Waals surface area contributed by atoms with E-state index in [1.54, 1.807) is 36.4 Å². The van der Waals surface area contributed by atoms with Crippen LogP contribution in [-0.2, 0) is 55.4 Å². The number of hydrogen-bond acceptors (Lipinski definition) is 17. The van der Waals surface area contributed by atoms with Crippen molar-refractivity contribution in [2.24, 2.45) is 0 Å². The topological polar surface area (TPSA) is 284 Å². The SMILES string of the molecule is CC(C)OCCCCS(=O)(=O)c1cccc2c1-c1nc-2nc2[nH]c(nc3nc(nc4[nH]c(n1)c1cccc(CNCCCOC(C)C)c41)-c1cccc(S(=O)(=O)NCCCOC(C)C)c1-3)c1cccc(S(=O)(=O)NCCCOC(C)C)c21. The Balaban J connectivity index is 1.33. The molecule has 24 heteroatoms. The van der Waals surface area contributed by atoms with Crippen molar-refractivity contribution >= 4 is 74.0 Å². The summed E-state index contributed by atoms with van der Waals surface area (Å²) in [5, 5.41) is 5.26. The van der Waals surface area contributed by atoms with Crippen molar-refractivity contribution in [2.45, 2.75) is 133 Å². The quantitative estimate of drug-likeness (QED) is 0.0286. The minimum Gasteiger partial charge on any atom is -0.379 e. The van der Waals surface area contributed by atoms with Gasteiger partial charge in [0.05, 0.1) is 50.4 Å². The van der Waals surface area contributed by atoms with Crippen LogP contribution in [0, 0.1) is 0 Å². The lowest BCUT2D eigenvalue weighted by molar-refractivity contribution is 0.0766. The molecule has 0 saturated heterocycles. The van der Waals surface area contributed by atoms with E-state index in [1.807, 2.05) is 73.6 Å². The molecule has 3 aromatic heterocycles. The van der Waals surface area contributed by atoms with Crippen molar-refractivity contribution < 1.29 is 44.2 Å². The number of rotatable bonds is 28. The normalized spacial score (nSPS) is 12.9. The van der Waals surface area contributed by atoms with E-state index in [9.17, 15) is 25.3 Å². The monoisotopic (exact) mass is 1180 g/mol. The molecule has 0 amide bonds. The molecule has 0 fully saturated rings. The molecule has 0 saturated carbocycles. The van der Waals surface area contributed by atoms with Gasteiger partial charge in [-0.1, -0.05) is 54.6 Å². The summed E-state index contributed by atoms with van der Waals surface area (Å²) >= 11 is 0. The van der Waals surface area contributed by atoms with Crippen LogP contribution in [-0.4, -0.2) is 141 Å². The minimum atomic E-state index is -4.28. The first-order valence-corrected chi connectivity index (χ1v) is 32.6. The second-order valence-corrected chi connectivity index (χ2v) is 26.8. The van der Waals surface area contributed by atoms with E-state index < -0.39 is 29.9 Å².